The van der Waals surface area contributed by atoms with Crippen LogP contribution in [-0.2, 0) is 9.53 Å². The van der Waals surface area contributed by atoms with Crippen molar-refractivity contribution < 1.29 is 14.3 Å². The van der Waals surface area contributed by atoms with Crippen LogP contribution < -0.4 is 0 Å². The number of amides is 1. The summed E-state index contributed by atoms with van der Waals surface area (Å²) in [4.78, 5) is 25.4. The molecule has 5 heteroatoms. The van der Waals surface area contributed by atoms with Crippen LogP contribution in [0.15, 0.2) is 24.3 Å². The Bertz CT molecular complexity index is 452. The number of carbonyl (C=O) groups is 2. The first-order valence-corrected chi connectivity index (χ1v) is 7.45. The second-order valence-corrected chi connectivity index (χ2v) is 5.77. The van der Waals surface area contributed by atoms with Crippen LogP contribution in [0.1, 0.15) is 29.6 Å². The average molecular weight is 373 g/mol. The molecule has 0 unspecified atom stereocenters. The minimum atomic E-state index is -0.443. The molecule has 0 atom stereocenters. The van der Waals surface area contributed by atoms with Crippen molar-refractivity contribution in [1.29, 1.82) is 0 Å². The zero-order chi connectivity index (χ0) is 13.7. The summed E-state index contributed by atoms with van der Waals surface area (Å²) in [7, 11) is 0. The van der Waals surface area contributed by atoms with Crippen molar-refractivity contribution in [3.63, 3.8) is 0 Å². The zero-order valence-electron chi connectivity index (χ0n) is 10.6. The van der Waals surface area contributed by atoms with Gasteiger partial charge in [-0.1, -0.05) is 0 Å². The van der Waals surface area contributed by atoms with Crippen molar-refractivity contribution in [3.8, 4) is 0 Å². The third-order valence-corrected chi connectivity index (χ3v) is 3.83. The highest BCUT2D eigenvalue weighted by Crippen LogP contribution is 2.10. The van der Waals surface area contributed by atoms with Crippen molar-refractivity contribution in [3.05, 3.63) is 33.4 Å². The molecule has 1 aliphatic heterocycles. The minimum absolute atomic E-state index is 0.0986. The fourth-order valence-electron chi connectivity index (χ4n) is 2.03. The van der Waals surface area contributed by atoms with Gasteiger partial charge in [0.2, 0.25) is 0 Å². The van der Waals surface area contributed by atoms with Gasteiger partial charge in [0.25, 0.3) is 5.91 Å². The van der Waals surface area contributed by atoms with Crippen molar-refractivity contribution in [2.75, 3.05) is 19.7 Å². The molecular weight excluding hydrogens is 357 g/mol. The predicted octanol–water partition coefficient (Wildman–Crippen LogP) is 2.46. The van der Waals surface area contributed by atoms with Crippen LogP contribution in [0.3, 0.4) is 0 Å². The molecule has 102 valence electrons. The number of carbonyl (C=O) groups excluding carboxylic acids is 2. The minimum Gasteiger partial charge on any atom is -0.452 e. The lowest BCUT2D eigenvalue weighted by atomic mass is 10.1. The van der Waals surface area contributed by atoms with Gasteiger partial charge in [0.15, 0.2) is 6.61 Å². The first-order valence-electron chi connectivity index (χ1n) is 6.37. The number of hydrogen-bond acceptors (Lipinski definition) is 3. The van der Waals surface area contributed by atoms with E-state index in [1.807, 2.05) is 12.1 Å². The van der Waals surface area contributed by atoms with Crippen molar-refractivity contribution in [2.24, 2.45) is 0 Å². The normalized spacial score (nSPS) is 15.1. The van der Waals surface area contributed by atoms with Gasteiger partial charge in [0, 0.05) is 16.7 Å². The Kier molecular flexibility index (Phi) is 5.18. The second-order valence-electron chi connectivity index (χ2n) is 4.52. The maximum atomic E-state index is 11.8. The van der Waals surface area contributed by atoms with E-state index >= 15 is 0 Å². The lowest BCUT2D eigenvalue weighted by Crippen LogP contribution is -2.38. The summed E-state index contributed by atoms with van der Waals surface area (Å²) < 4.78 is 6.10. The number of rotatable bonds is 3. The topological polar surface area (TPSA) is 46.6 Å². The van der Waals surface area contributed by atoms with E-state index in [2.05, 4.69) is 22.6 Å². The summed E-state index contributed by atoms with van der Waals surface area (Å²) >= 11 is 2.17. The standard InChI is InChI=1S/C14H16INO3/c15-12-6-4-11(5-7-12)14(18)19-10-13(17)16-8-2-1-3-9-16/h4-7H,1-3,8-10H2. The molecule has 1 amide bonds. The van der Waals surface area contributed by atoms with Crippen LogP contribution >= 0.6 is 22.6 Å². The van der Waals surface area contributed by atoms with E-state index in [0.29, 0.717) is 5.56 Å². The maximum absolute atomic E-state index is 11.8. The Morgan fingerprint density at radius 2 is 1.74 bits per heavy atom. The number of ether oxygens (including phenoxy) is 1. The van der Waals surface area contributed by atoms with Crippen LogP contribution in [0.25, 0.3) is 0 Å². The molecule has 1 fully saturated rings. The zero-order valence-corrected chi connectivity index (χ0v) is 12.8. The van der Waals surface area contributed by atoms with Crippen LogP contribution in [0.2, 0.25) is 0 Å². The molecule has 0 aliphatic carbocycles. The molecule has 0 spiro atoms. The van der Waals surface area contributed by atoms with E-state index in [-0.39, 0.29) is 12.5 Å². The van der Waals surface area contributed by atoms with Crippen molar-refractivity contribution >= 4 is 34.5 Å². The van der Waals surface area contributed by atoms with Gasteiger partial charge in [-0.15, -0.1) is 0 Å². The number of hydrogen-bond donors (Lipinski definition) is 0. The lowest BCUT2D eigenvalue weighted by Gasteiger charge is -2.26. The van der Waals surface area contributed by atoms with E-state index in [4.69, 9.17) is 4.74 Å². The van der Waals surface area contributed by atoms with Gasteiger partial charge in [-0.3, -0.25) is 4.79 Å². The van der Waals surface area contributed by atoms with E-state index in [0.717, 1.165) is 29.5 Å². The molecule has 1 aromatic carbocycles. The second kappa shape index (κ2) is 6.88. The molecule has 2 rings (SSSR count). The molecule has 1 aromatic rings. The molecule has 0 radical (unpaired) electrons. The molecule has 0 N–H and O–H groups in total. The lowest BCUT2D eigenvalue weighted by molar-refractivity contribution is -0.135. The molecule has 19 heavy (non-hydrogen) atoms. The van der Waals surface area contributed by atoms with Gasteiger partial charge < -0.3 is 9.64 Å². The fourth-order valence-corrected chi connectivity index (χ4v) is 2.39. The quantitative estimate of drug-likeness (QED) is 0.604. The van der Waals surface area contributed by atoms with Gasteiger partial charge in [-0.25, -0.2) is 4.79 Å². The molecule has 0 saturated carbocycles. The highest BCUT2D eigenvalue weighted by molar-refractivity contribution is 14.1. The molecular formula is C14H16INO3. The summed E-state index contributed by atoms with van der Waals surface area (Å²) in [6, 6.07) is 7.08. The highest BCUT2D eigenvalue weighted by atomic mass is 127. The molecule has 4 nitrogen and oxygen atoms in total. The first-order chi connectivity index (χ1) is 9.16. The smallest absolute Gasteiger partial charge is 0.338 e. The number of nitrogens with zero attached hydrogens (tertiary/aromatic N) is 1. The van der Waals surface area contributed by atoms with Crippen molar-refractivity contribution in [2.45, 2.75) is 19.3 Å². The fraction of sp³-hybridized carbons (Fsp3) is 0.429. The van der Waals surface area contributed by atoms with E-state index < -0.39 is 5.97 Å². The Morgan fingerprint density at radius 3 is 2.37 bits per heavy atom. The van der Waals surface area contributed by atoms with Crippen molar-refractivity contribution in [1.82, 2.24) is 4.90 Å². The summed E-state index contributed by atoms with van der Waals surface area (Å²) in [6.07, 6.45) is 3.25. The number of halogens is 1. The molecule has 1 aliphatic rings. The van der Waals surface area contributed by atoms with Crippen LogP contribution in [0.4, 0.5) is 0 Å². The van der Waals surface area contributed by atoms with E-state index in [1.165, 1.54) is 6.42 Å². The van der Waals surface area contributed by atoms with Gasteiger partial charge in [-0.05, 0) is 66.1 Å². The van der Waals surface area contributed by atoms with Crippen LogP contribution in [-0.4, -0.2) is 36.5 Å². The van der Waals surface area contributed by atoms with Gasteiger partial charge in [0.1, 0.15) is 0 Å². The monoisotopic (exact) mass is 373 g/mol. The van der Waals surface area contributed by atoms with Crippen LogP contribution in [0.5, 0.6) is 0 Å². The number of benzene rings is 1. The Balaban J connectivity index is 1.82. The van der Waals surface area contributed by atoms with Gasteiger partial charge in [0.05, 0.1) is 5.56 Å². The first kappa shape index (κ1) is 14.3. The maximum Gasteiger partial charge on any atom is 0.338 e. The highest BCUT2D eigenvalue weighted by Gasteiger charge is 2.18. The Labute approximate surface area is 126 Å². The number of piperidine rings is 1. The summed E-state index contributed by atoms with van der Waals surface area (Å²) in [5.74, 6) is -0.541. The van der Waals surface area contributed by atoms with Gasteiger partial charge in [-0.2, -0.15) is 0 Å². The molecule has 0 aromatic heterocycles. The molecule has 1 heterocycles. The summed E-state index contributed by atoms with van der Waals surface area (Å²) in [6.45, 7) is 1.39. The van der Waals surface area contributed by atoms with Gasteiger partial charge >= 0.3 is 5.97 Å². The number of esters is 1. The largest absolute Gasteiger partial charge is 0.452 e. The SMILES string of the molecule is O=C(OCC(=O)N1CCCCC1)c1ccc(I)cc1. The van der Waals surface area contributed by atoms with E-state index in [1.54, 1.807) is 17.0 Å². The summed E-state index contributed by atoms with van der Waals surface area (Å²) in [5, 5.41) is 0. The third-order valence-electron chi connectivity index (χ3n) is 3.12. The van der Waals surface area contributed by atoms with Crippen LogP contribution in [0, 0.1) is 3.57 Å². The predicted molar refractivity (Wildman–Crippen MR) is 79.9 cm³/mol. The Hall–Kier alpha value is -1.11. The molecule has 0 bridgehead atoms. The Morgan fingerprint density at radius 1 is 1.11 bits per heavy atom. The van der Waals surface area contributed by atoms with E-state index in [9.17, 15) is 9.59 Å². The average Bonchev–Trinajstić information content (AvgIpc) is 2.46. The number of likely N-dealkylation sites (tertiary alicyclic amines) is 1. The summed E-state index contributed by atoms with van der Waals surface area (Å²) in [5.41, 5.74) is 0.479. The third kappa shape index (κ3) is 4.19. The molecule has 1 saturated heterocycles.